The van der Waals surface area contributed by atoms with Crippen LogP contribution in [0.3, 0.4) is 0 Å². The Bertz CT molecular complexity index is 334. The van der Waals surface area contributed by atoms with Gasteiger partial charge in [0.1, 0.15) is 5.69 Å². The number of halogens is 2. The van der Waals surface area contributed by atoms with Crippen LogP contribution >= 0.6 is 0 Å². The molecule has 2 nitrogen and oxygen atoms in total. The van der Waals surface area contributed by atoms with E-state index in [2.05, 4.69) is 11.0 Å². The van der Waals surface area contributed by atoms with Gasteiger partial charge >= 0.3 is 0 Å². The summed E-state index contributed by atoms with van der Waals surface area (Å²) >= 11 is 0. The first-order chi connectivity index (χ1) is 5.57. The number of hydrogen-bond acceptors (Lipinski definition) is 1. The van der Waals surface area contributed by atoms with Gasteiger partial charge in [-0.1, -0.05) is 5.92 Å². The largest absolute Gasteiger partial charge is 0.281 e. The average molecular weight is 170 g/mol. The first-order valence-corrected chi connectivity index (χ1v) is 3.36. The van der Waals surface area contributed by atoms with Gasteiger partial charge in [0.15, 0.2) is 0 Å². The topological polar surface area (TPSA) is 17.8 Å². The van der Waals surface area contributed by atoms with E-state index in [1.165, 1.54) is 7.05 Å². The number of hydrogen-bond donors (Lipinski definition) is 0. The summed E-state index contributed by atoms with van der Waals surface area (Å²) in [6.45, 7) is 1.61. The molecule has 1 aromatic heterocycles. The highest BCUT2D eigenvalue weighted by Gasteiger charge is 2.19. The van der Waals surface area contributed by atoms with Crippen molar-refractivity contribution in [3.8, 4) is 12.3 Å². The second-order valence-electron chi connectivity index (χ2n) is 2.41. The van der Waals surface area contributed by atoms with Crippen molar-refractivity contribution in [1.29, 1.82) is 0 Å². The molecule has 0 bridgehead atoms. The summed E-state index contributed by atoms with van der Waals surface area (Å²) in [5.41, 5.74) is 0.484. The highest BCUT2D eigenvalue weighted by atomic mass is 19.3. The van der Waals surface area contributed by atoms with Gasteiger partial charge in [-0.2, -0.15) is 5.10 Å². The minimum absolute atomic E-state index is 0.185. The lowest BCUT2D eigenvalue weighted by Crippen LogP contribution is -1.99. The fourth-order valence-corrected chi connectivity index (χ4v) is 1.10. The summed E-state index contributed by atoms with van der Waals surface area (Å²) in [6, 6.07) is 0. The number of aromatic nitrogens is 2. The minimum atomic E-state index is -2.57. The summed E-state index contributed by atoms with van der Waals surface area (Å²) in [6.07, 6.45) is 2.50. The first-order valence-electron chi connectivity index (χ1n) is 3.36. The summed E-state index contributed by atoms with van der Waals surface area (Å²) in [5, 5.41) is 3.80. The molecule has 64 valence electrons. The highest BCUT2D eigenvalue weighted by Crippen LogP contribution is 2.23. The molecule has 12 heavy (non-hydrogen) atoms. The Balaban J connectivity index is 3.35. The fourth-order valence-electron chi connectivity index (χ4n) is 1.10. The molecule has 1 aromatic rings. The van der Waals surface area contributed by atoms with Crippen molar-refractivity contribution in [2.75, 3.05) is 0 Å². The molecule has 1 heterocycles. The first kappa shape index (κ1) is 8.72. The maximum atomic E-state index is 12.3. The van der Waals surface area contributed by atoms with E-state index in [9.17, 15) is 8.78 Å². The van der Waals surface area contributed by atoms with E-state index in [0.29, 0.717) is 5.69 Å². The normalized spacial score (nSPS) is 10.3. The molecular formula is C8H8F2N2. The van der Waals surface area contributed by atoms with Gasteiger partial charge in [-0.3, -0.25) is 4.68 Å². The minimum Gasteiger partial charge on any atom is -0.265 e. The standard InChI is InChI=1S/C8H8F2N2/c1-4-6-5(2)11-12(3)7(6)8(9)10/h1,8H,2-3H3. The van der Waals surface area contributed by atoms with Crippen molar-refractivity contribution in [2.45, 2.75) is 13.3 Å². The Morgan fingerprint density at radius 3 is 2.50 bits per heavy atom. The van der Waals surface area contributed by atoms with Gasteiger partial charge in [-0.15, -0.1) is 6.42 Å². The third-order valence-corrected chi connectivity index (χ3v) is 1.62. The van der Waals surface area contributed by atoms with Gasteiger partial charge in [-0.05, 0) is 6.92 Å². The molecule has 0 N–H and O–H groups in total. The van der Waals surface area contributed by atoms with Crippen LogP contribution in [0, 0.1) is 19.3 Å². The number of rotatable bonds is 1. The van der Waals surface area contributed by atoms with Crippen molar-refractivity contribution in [1.82, 2.24) is 9.78 Å². The summed E-state index contributed by atoms with van der Waals surface area (Å²) in [4.78, 5) is 0. The molecule has 1 rings (SSSR count). The maximum absolute atomic E-state index is 12.3. The number of nitrogens with zero attached hydrogens (tertiary/aromatic N) is 2. The Labute approximate surface area is 69.2 Å². The molecule has 0 aliphatic heterocycles. The zero-order valence-corrected chi connectivity index (χ0v) is 6.81. The average Bonchev–Trinajstić information content (AvgIpc) is 2.24. The van der Waals surface area contributed by atoms with Crippen LogP contribution in [0.2, 0.25) is 0 Å². The second-order valence-corrected chi connectivity index (χ2v) is 2.41. The Kier molecular flexibility index (Phi) is 2.13. The Hall–Kier alpha value is -1.37. The molecule has 0 spiro atoms. The van der Waals surface area contributed by atoms with Gasteiger partial charge in [-0.25, -0.2) is 8.78 Å². The van der Waals surface area contributed by atoms with E-state index in [4.69, 9.17) is 6.42 Å². The van der Waals surface area contributed by atoms with E-state index in [1.54, 1.807) is 6.92 Å². The van der Waals surface area contributed by atoms with E-state index in [1.807, 2.05) is 0 Å². The van der Waals surface area contributed by atoms with Crippen molar-refractivity contribution >= 4 is 0 Å². The lowest BCUT2D eigenvalue weighted by atomic mass is 10.2. The van der Waals surface area contributed by atoms with Crippen LogP contribution in [-0.2, 0) is 7.05 Å². The third-order valence-electron chi connectivity index (χ3n) is 1.62. The van der Waals surface area contributed by atoms with Crippen molar-refractivity contribution in [2.24, 2.45) is 7.05 Å². The van der Waals surface area contributed by atoms with E-state index in [-0.39, 0.29) is 11.3 Å². The van der Waals surface area contributed by atoms with Crippen molar-refractivity contribution in [3.63, 3.8) is 0 Å². The van der Waals surface area contributed by atoms with Crippen molar-refractivity contribution in [3.05, 3.63) is 17.0 Å². The Morgan fingerprint density at radius 1 is 1.58 bits per heavy atom. The van der Waals surface area contributed by atoms with Crippen LogP contribution in [0.25, 0.3) is 0 Å². The van der Waals surface area contributed by atoms with Gasteiger partial charge in [0.25, 0.3) is 6.43 Å². The molecule has 4 heteroatoms. The predicted molar refractivity (Wildman–Crippen MR) is 40.8 cm³/mol. The predicted octanol–water partition coefficient (Wildman–Crippen LogP) is 1.65. The molecule has 0 radical (unpaired) electrons. The number of terminal acetylenes is 1. The van der Waals surface area contributed by atoms with Gasteiger partial charge in [0.2, 0.25) is 0 Å². The molecule has 0 saturated heterocycles. The smallest absolute Gasteiger partial charge is 0.265 e. The molecule has 0 amide bonds. The lowest BCUT2D eigenvalue weighted by Gasteiger charge is -1.99. The second kappa shape index (κ2) is 2.94. The maximum Gasteiger partial charge on any atom is 0.281 e. The molecule has 0 unspecified atom stereocenters. The van der Waals surface area contributed by atoms with Crippen LogP contribution < -0.4 is 0 Å². The van der Waals surface area contributed by atoms with Gasteiger partial charge < -0.3 is 0 Å². The molecule has 0 aromatic carbocycles. The molecule has 0 aliphatic rings. The molecule has 0 fully saturated rings. The summed E-state index contributed by atoms with van der Waals surface area (Å²) in [5.74, 6) is 2.20. The zero-order valence-electron chi connectivity index (χ0n) is 6.81. The molecule has 0 atom stereocenters. The van der Waals surface area contributed by atoms with Crippen LogP contribution in [0.15, 0.2) is 0 Å². The fraction of sp³-hybridized carbons (Fsp3) is 0.375. The van der Waals surface area contributed by atoms with E-state index < -0.39 is 6.43 Å². The lowest BCUT2D eigenvalue weighted by molar-refractivity contribution is 0.140. The number of aryl methyl sites for hydroxylation is 2. The summed E-state index contributed by atoms with van der Waals surface area (Å²) in [7, 11) is 1.45. The van der Waals surface area contributed by atoms with E-state index >= 15 is 0 Å². The van der Waals surface area contributed by atoms with Gasteiger partial charge in [0, 0.05) is 7.05 Å². The zero-order chi connectivity index (χ0) is 9.30. The van der Waals surface area contributed by atoms with E-state index in [0.717, 1.165) is 4.68 Å². The summed E-state index contributed by atoms with van der Waals surface area (Å²) < 4.78 is 25.8. The molecule has 0 aliphatic carbocycles. The molecular weight excluding hydrogens is 162 g/mol. The van der Waals surface area contributed by atoms with Crippen LogP contribution in [0.1, 0.15) is 23.4 Å². The van der Waals surface area contributed by atoms with Crippen molar-refractivity contribution < 1.29 is 8.78 Å². The quantitative estimate of drug-likeness (QED) is 0.586. The Morgan fingerprint density at radius 2 is 2.17 bits per heavy atom. The van der Waals surface area contributed by atoms with Gasteiger partial charge in [0.05, 0.1) is 11.3 Å². The molecule has 0 saturated carbocycles. The van der Waals surface area contributed by atoms with Crippen LogP contribution in [0.4, 0.5) is 8.78 Å². The SMILES string of the molecule is C#Cc1c(C)nn(C)c1C(F)F. The highest BCUT2D eigenvalue weighted by molar-refractivity contribution is 5.40. The van der Waals surface area contributed by atoms with Crippen LogP contribution in [0.5, 0.6) is 0 Å². The monoisotopic (exact) mass is 170 g/mol. The number of alkyl halides is 2. The van der Waals surface area contributed by atoms with Crippen LogP contribution in [-0.4, -0.2) is 9.78 Å². The third kappa shape index (κ3) is 1.18.